The first kappa shape index (κ1) is 21.2. The molecule has 0 radical (unpaired) electrons. The molecule has 0 atom stereocenters. The molecule has 4 nitrogen and oxygen atoms in total. The highest BCUT2D eigenvalue weighted by molar-refractivity contribution is 7.88. The Bertz CT molecular complexity index is 644. The van der Waals surface area contributed by atoms with E-state index in [1.54, 1.807) is 0 Å². The van der Waals surface area contributed by atoms with Crippen molar-refractivity contribution in [3.63, 3.8) is 0 Å². The van der Waals surface area contributed by atoms with E-state index in [-0.39, 0.29) is 24.5 Å². The molecular weight excluding hydrogens is 365 g/mol. The summed E-state index contributed by atoms with van der Waals surface area (Å²) in [7, 11) is -3.88. The lowest BCUT2D eigenvalue weighted by molar-refractivity contribution is -0.138. The second-order valence-electron chi connectivity index (χ2n) is 6.16. The number of hydrogen-bond acceptors (Lipinski definition) is 3. The monoisotopic (exact) mass is 386 g/mol. The number of hydrogen-bond donors (Lipinski definition) is 2. The third kappa shape index (κ3) is 5.91. The van der Waals surface area contributed by atoms with Gasteiger partial charge >= 0.3 is 6.18 Å². The van der Waals surface area contributed by atoms with Crippen molar-refractivity contribution < 1.29 is 21.6 Å². The van der Waals surface area contributed by atoms with Gasteiger partial charge in [-0.25, -0.2) is 13.1 Å². The third-order valence-corrected chi connectivity index (χ3v) is 5.44. The summed E-state index contributed by atoms with van der Waals surface area (Å²) in [5.74, 6) is -0.710. The molecule has 1 aromatic rings. The van der Waals surface area contributed by atoms with E-state index in [0.29, 0.717) is 12.8 Å². The van der Waals surface area contributed by atoms with Crippen LogP contribution in [0.3, 0.4) is 0 Å². The number of alkyl halides is 3. The molecule has 2 rings (SSSR count). The smallest absolute Gasteiger partial charge is 0.324 e. The van der Waals surface area contributed by atoms with Gasteiger partial charge in [0.05, 0.1) is 11.3 Å². The van der Waals surface area contributed by atoms with E-state index in [1.807, 2.05) is 0 Å². The molecule has 0 heterocycles. The van der Waals surface area contributed by atoms with Crippen LogP contribution in [0.5, 0.6) is 0 Å². The van der Waals surface area contributed by atoms with Gasteiger partial charge in [-0.05, 0) is 24.5 Å². The van der Waals surface area contributed by atoms with Crippen LogP contribution >= 0.6 is 12.4 Å². The van der Waals surface area contributed by atoms with Gasteiger partial charge in [-0.1, -0.05) is 37.5 Å². The molecule has 24 heavy (non-hydrogen) atoms. The van der Waals surface area contributed by atoms with Crippen molar-refractivity contribution in [3.8, 4) is 0 Å². The molecule has 1 saturated carbocycles. The predicted octanol–water partition coefficient (Wildman–Crippen LogP) is 3.21. The van der Waals surface area contributed by atoms with Crippen LogP contribution in [0.2, 0.25) is 0 Å². The zero-order chi connectivity index (χ0) is 17.1. The lowest BCUT2D eigenvalue weighted by Gasteiger charge is -2.33. The highest BCUT2D eigenvalue weighted by Crippen LogP contribution is 2.32. The molecule has 1 aromatic carbocycles. The number of nitrogens with two attached hydrogens (primary N) is 1. The minimum atomic E-state index is -4.58. The van der Waals surface area contributed by atoms with E-state index in [4.69, 9.17) is 5.73 Å². The fraction of sp³-hybridized carbons (Fsp3) is 0.600. The lowest BCUT2D eigenvalue weighted by atomic mass is 9.83. The van der Waals surface area contributed by atoms with Crippen LogP contribution in [0, 0.1) is 0 Å². The summed E-state index contributed by atoms with van der Waals surface area (Å²) >= 11 is 0. The van der Waals surface area contributed by atoms with Crippen LogP contribution in [-0.4, -0.2) is 20.5 Å². The van der Waals surface area contributed by atoms with Crippen LogP contribution in [0.25, 0.3) is 0 Å². The molecule has 0 unspecified atom stereocenters. The van der Waals surface area contributed by atoms with E-state index in [0.717, 1.165) is 25.3 Å². The molecule has 138 valence electrons. The number of sulfonamides is 1. The van der Waals surface area contributed by atoms with Crippen molar-refractivity contribution >= 4 is 22.4 Å². The van der Waals surface area contributed by atoms with Crippen LogP contribution in [0.4, 0.5) is 13.2 Å². The second kappa shape index (κ2) is 8.03. The number of rotatable bonds is 5. The zero-order valence-electron chi connectivity index (χ0n) is 13.1. The van der Waals surface area contributed by atoms with E-state index < -0.39 is 33.1 Å². The van der Waals surface area contributed by atoms with Crippen molar-refractivity contribution in [2.75, 3.05) is 6.54 Å². The van der Waals surface area contributed by atoms with Gasteiger partial charge in [-0.3, -0.25) is 0 Å². The van der Waals surface area contributed by atoms with Crippen LogP contribution in [0.1, 0.15) is 43.2 Å². The molecule has 0 amide bonds. The first-order chi connectivity index (χ1) is 10.6. The Morgan fingerprint density at radius 2 is 1.71 bits per heavy atom. The highest BCUT2D eigenvalue weighted by Gasteiger charge is 2.34. The molecular formula is C15H22ClF3N2O2S. The Hall–Kier alpha value is -0.830. The molecule has 0 aromatic heterocycles. The maximum absolute atomic E-state index is 12.9. The Kier molecular flexibility index (Phi) is 7.10. The maximum Gasteiger partial charge on any atom is 0.416 e. The summed E-state index contributed by atoms with van der Waals surface area (Å²) in [6.07, 6.45) is -0.192. The van der Waals surface area contributed by atoms with Gasteiger partial charge in [0.25, 0.3) is 0 Å². The maximum atomic E-state index is 12.9. The van der Waals surface area contributed by atoms with Crippen molar-refractivity contribution in [2.24, 2.45) is 5.73 Å². The molecule has 0 spiro atoms. The van der Waals surface area contributed by atoms with Crippen molar-refractivity contribution in [3.05, 3.63) is 35.4 Å². The average molecular weight is 387 g/mol. The van der Waals surface area contributed by atoms with Gasteiger partial charge in [-0.2, -0.15) is 13.2 Å². The first-order valence-corrected chi connectivity index (χ1v) is 9.18. The summed E-state index contributed by atoms with van der Waals surface area (Å²) in [6.45, 7) is 0.0590. The largest absolute Gasteiger partial charge is 0.416 e. The minimum Gasteiger partial charge on any atom is -0.324 e. The van der Waals surface area contributed by atoms with Crippen molar-refractivity contribution in [1.82, 2.24) is 4.72 Å². The van der Waals surface area contributed by atoms with Crippen LogP contribution in [0.15, 0.2) is 24.3 Å². The average Bonchev–Trinajstić information content (AvgIpc) is 2.45. The molecule has 3 N–H and O–H groups in total. The second-order valence-corrected chi connectivity index (χ2v) is 7.96. The summed E-state index contributed by atoms with van der Waals surface area (Å²) in [5.41, 5.74) is 4.36. The number of halogens is 4. The Morgan fingerprint density at radius 1 is 1.12 bits per heavy atom. The van der Waals surface area contributed by atoms with Gasteiger partial charge in [0.15, 0.2) is 0 Å². The summed E-state index contributed by atoms with van der Waals surface area (Å²) < 4.78 is 65.4. The molecule has 1 fully saturated rings. The first-order valence-electron chi connectivity index (χ1n) is 7.53. The van der Waals surface area contributed by atoms with E-state index in [1.165, 1.54) is 18.2 Å². The van der Waals surface area contributed by atoms with Gasteiger partial charge in [-0.15, -0.1) is 12.4 Å². The Morgan fingerprint density at radius 3 is 2.29 bits per heavy atom. The van der Waals surface area contributed by atoms with Crippen LogP contribution in [-0.2, 0) is 22.0 Å². The fourth-order valence-electron chi connectivity index (χ4n) is 2.86. The molecule has 0 bridgehead atoms. The summed E-state index contributed by atoms with van der Waals surface area (Å²) in [5, 5.41) is 0. The zero-order valence-corrected chi connectivity index (χ0v) is 14.7. The van der Waals surface area contributed by atoms with E-state index in [9.17, 15) is 21.6 Å². The topological polar surface area (TPSA) is 72.2 Å². The van der Waals surface area contributed by atoms with Gasteiger partial charge in [0, 0.05) is 12.1 Å². The lowest BCUT2D eigenvalue weighted by Crippen LogP contribution is -2.51. The van der Waals surface area contributed by atoms with Crippen LogP contribution < -0.4 is 10.5 Å². The van der Waals surface area contributed by atoms with Crippen molar-refractivity contribution in [2.45, 2.75) is 49.6 Å². The summed E-state index contributed by atoms with van der Waals surface area (Å²) in [4.78, 5) is 0. The fourth-order valence-corrected chi connectivity index (χ4v) is 4.14. The van der Waals surface area contributed by atoms with Gasteiger partial charge < -0.3 is 5.73 Å². The predicted molar refractivity (Wildman–Crippen MR) is 89.3 cm³/mol. The SMILES string of the molecule is Cl.NC1(CNS(=O)(=O)Cc2ccccc2C(F)(F)F)CCCCC1. The van der Waals surface area contributed by atoms with Crippen molar-refractivity contribution in [1.29, 1.82) is 0 Å². The third-order valence-electron chi connectivity index (χ3n) is 4.16. The Balaban J connectivity index is 0.00000288. The molecule has 1 aliphatic rings. The highest BCUT2D eigenvalue weighted by atomic mass is 35.5. The van der Waals surface area contributed by atoms with E-state index in [2.05, 4.69) is 4.72 Å². The van der Waals surface area contributed by atoms with Gasteiger partial charge in [0.1, 0.15) is 0 Å². The van der Waals surface area contributed by atoms with E-state index >= 15 is 0 Å². The molecule has 9 heteroatoms. The minimum absolute atomic E-state index is 0. The quantitative estimate of drug-likeness (QED) is 0.816. The van der Waals surface area contributed by atoms with Gasteiger partial charge in [0.2, 0.25) is 10.0 Å². The number of benzene rings is 1. The molecule has 1 aliphatic carbocycles. The standard InChI is InChI=1S/C15H21F3N2O2S.ClH/c16-15(17,18)13-7-3-2-6-12(13)10-23(21,22)20-11-14(19)8-4-1-5-9-14;/h2-3,6-7,20H,1,4-5,8-11,19H2;1H. The summed E-state index contributed by atoms with van der Waals surface area (Å²) in [6, 6.07) is 4.70. The molecule has 0 aliphatic heterocycles. The molecule has 0 saturated heterocycles. The number of nitrogens with one attached hydrogen (secondary N) is 1. The normalized spacial score (nSPS) is 18.0. The Labute approximate surface area is 146 Å².